The molecule has 0 saturated heterocycles. The molecule has 0 radical (unpaired) electrons. The van der Waals surface area contributed by atoms with Crippen LogP contribution in [0.2, 0.25) is 0 Å². The Balaban J connectivity index is 1.01. The molecular formula is C90H71BN4. The van der Waals surface area contributed by atoms with Gasteiger partial charge in [0.1, 0.15) is 0 Å². The minimum absolute atomic E-state index is 0.126. The first-order chi connectivity index (χ1) is 46.3. The van der Waals surface area contributed by atoms with Crippen molar-refractivity contribution in [2.24, 2.45) is 0 Å². The third-order valence-corrected chi connectivity index (χ3v) is 19.1. The van der Waals surface area contributed by atoms with E-state index in [-0.39, 0.29) is 17.5 Å². The zero-order valence-corrected chi connectivity index (χ0v) is 54.5. The standard InChI is InChI=1S/C90H71BN4/c1-89(2,3)75-41-47-79-83(57-75)94(77-43-37-66(38-44-77)60-25-13-7-14-26-60)85-55-74(56-86-87(85)91(79)80-48-42-76(90(4,5)6)58-84(80)95(86)78-45-39-67(40-46-78)61-27-15-8-16-28-61)88-92-81(72-51-68(62-29-17-9-18-30-62)49-69(52-72)63-31-19-10-20-32-63)59-82(93-88)73-53-70(64-33-21-11-22-34-64)50-71(54-73)65-35-23-12-24-36-65/h7-59H,1-6H3. The minimum atomic E-state index is -0.138. The highest BCUT2D eigenvalue weighted by Gasteiger charge is 2.45. The summed E-state index contributed by atoms with van der Waals surface area (Å²) < 4.78 is 0. The molecular weight excluding hydrogens is 1150 g/mol. The van der Waals surface area contributed by atoms with E-state index in [1.165, 1.54) is 38.6 Å². The van der Waals surface area contributed by atoms with Gasteiger partial charge in [-0.05, 0) is 196 Å². The van der Waals surface area contributed by atoms with Gasteiger partial charge in [0.25, 0.3) is 6.71 Å². The van der Waals surface area contributed by atoms with E-state index in [4.69, 9.17) is 9.97 Å². The molecule has 0 unspecified atom stereocenters. The summed E-state index contributed by atoms with van der Waals surface area (Å²) in [6, 6.07) is 118. The van der Waals surface area contributed by atoms with Gasteiger partial charge >= 0.3 is 0 Å². The van der Waals surface area contributed by atoms with E-state index in [9.17, 15) is 0 Å². The van der Waals surface area contributed by atoms with Gasteiger partial charge in [-0.3, -0.25) is 0 Å². The lowest BCUT2D eigenvalue weighted by atomic mass is 9.33. The lowest BCUT2D eigenvalue weighted by Crippen LogP contribution is -2.61. The molecule has 13 aromatic carbocycles. The summed E-state index contributed by atoms with van der Waals surface area (Å²) in [7, 11) is 0. The van der Waals surface area contributed by atoms with Crippen LogP contribution < -0.4 is 26.2 Å². The molecule has 0 amide bonds. The molecule has 95 heavy (non-hydrogen) atoms. The van der Waals surface area contributed by atoms with Crippen molar-refractivity contribution in [2.45, 2.75) is 52.4 Å². The van der Waals surface area contributed by atoms with Gasteiger partial charge in [0, 0.05) is 50.8 Å². The third-order valence-electron chi connectivity index (χ3n) is 19.1. The van der Waals surface area contributed by atoms with Gasteiger partial charge in [0.15, 0.2) is 5.82 Å². The van der Waals surface area contributed by atoms with E-state index in [1.54, 1.807) is 0 Å². The lowest BCUT2D eigenvalue weighted by Gasteiger charge is -2.45. The molecule has 0 saturated carbocycles. The second kappa shape index (κ2) is 23.9. The van der Waals surface area contributed by atoms with Gasteiger partial charge in [-0.15, -0.1) is 0 Å². The van der Waals surface area contributed by atoms with Crippen molar-refractivity contribution in [3.8, 4) is 101 Å². The summed E-state index contributed by atoms with van der Waals surface area (Å²) in [5.74, 6) is 0.619. The van der Waals surface area contributed by atoms with Crippen molar-refractivity contribution >= 4 is 57.2 Å². The molecule has 0 spiro atoms. The Kier molecular flexibility index (Phi) is 14.8. The average Bonchev–Trinajstić information content (AvgIpc) is 0.695. The topological polar surface area (TPSA) is 32.3 Å². The van der Waals surface area contributed by atoms with E-state index < -0.39 is 0 Å². The van der Waals surface area contributed by atoms with Crippen LogP contribution in [0.1, 0.15) is 52.7 Å². The first-order valence-electron chi connectivity index (χ1n) is 33.1. The molecule has 14 aromatic rings. The largest absolute Gasteiger partial charge is 0.311 e. The molecule has 2 aliphatic heterocycles. The number of hydrogen-bond acceptors (Lipinski definition) is 4. The Morgan fingerprint density at radius 2 is 0.526 bits per heavy atom. The second-order valence-corrected chi connectivity index (χ2v) is 27.4. The zero-order valence-electron chi connectivity index (χ0n) is 54.5. The highest BCUT2D eigenvalue weighted by molar-refractivity contribution is 7.00. The summed E-state index contributed by atoms with van der Waals surface area (Å²) in [6.07, 6.45) is 0. The van der Waals surface area contributed by atoms with Crippen LogP contribution in [0.5, 0.6) is 0 Å². The van der Waals surface area contributed by atoms with Gasteiger partial charge in [0.2, 0.25) is 0 Å². The highest BCUT2D eigenvalue weighted by atomic mass is 15.2. The Morgan fingerprint density at radius 1 is 0.242 bits per heavy atom. The molecule has 3 heterocycles. The predicted octanol–water partition coefficient (Wildman–Crippen LogP) is 22.2. The minimum Gasteiger partial charge on any atom is -0.311 e. The molecule has 16 rings (SSSR count). The van der Waals surface area contributed by atoms with Crippen molar-refractivity contribution in [1.29, 1.82) is 0 Å². The quantitative estimate of drug-likeness (QED) is 0.121. The Hall–Kier alpha value is -11.4. The van der Waals surface area contributed by atoms with E-state index in [2.05, 4.69) is 373 Å². The molecule has 0 aliphatic carbocycles. The summed E-state index contributed by atoms with van der Waals surface area (Å²) >= 11 is 0. The van der Waals surface area contributed by atoms with Crippen molar-refractivity contribution in [3.05, 3.63) is 333 Å². The van der Waals surface area contributed by atoms with Gasteiger partial charge in [-0.25, -0.2) is 9.97 Å². The molecule has 0 bridgehead atoms. The first-order valence-corrected chi connectivity index (χ1v) is 33.1. The fourth-order valence-corrected chi connectivity index (χ4v) is 14.1. The van der Waals surface area contributed by atoms with Crippen LogP contribution in [-0.4, -0.2) is 16.7 Å². The lowest BCUT2D eigenvalue weighted by molar-refractivity contribution is 0.590. The second-order valence-electron chi connectivity index (χ2n) is 27.4. The number of rotatable bonds is 11. The van der Waals surface area contributed by atoms with Crippen LogP contribution in [0.3, 0.4) is 0 Å². The maximum Gasteiger partial charge on any atom is 0.252 e. The van der Waals surface area contributed by atoms with E-state index >= 15 is 0 Å². The number of nitrogens with zero attached hydrogens (tertiary/aromatic N) is 4. The van der Waals surface area contributed by atoms with E-state index in [0.717, 1.165) is 118 Å². The molecule has 0 atom stereocenters. The van der Waals surface area contributed by atoms with Crippen LogP contribution in [-0.2, 0) is 10.8 Å². The number of benzene rings is 13. The predicted molar refractivity (Wildman–Crippen MR) is 402 cm³/mol. The van der Waals surface area contributed by atoms with E-state index in [1.807, 2.05) is 0 Å². The fourth-order valence-electron chi connectivity index (χ4n) is 14.1. The van der Waals surface area contributed by atoms with Crippen LogP contribution in [0.15, 0.2) is 322 Å². The number of hydrogen-bond donors (Lipinski definition) is 0. The van der Waals surface area contributed by atoms with Gasteiger partial charge < -0.3 is 9.80 Å². The Bertz CT molecular complexity index is 4720. The molecule has 1 aromatic heterocycles. The average molecular weight is 1220 g/mol. The third kappa shape index (κ3) is 11.2. The molecule has 0 fully saturated rings. The maximum atomic E-state index is 5.91. The van der Waals surface area contributed by atoms with E-state index in [0.29, 0.717) is 5.82 Å². The fraction of sp³-hybridized carbons (Fsp3) is 0.0889. The maximum absolute atomic E-state index is 5.91. The van der Waals surface area contributed by atoms with Gasteiger partial charge in [-0.2, -0.15) is 0 Å². The van der Waals surface area contributed by atoms with Crippen molar-refractivity contribution in [3.63, 3.8) is 0 Å². The summed E-state index contributed by atoms with van der Waals surface area (Å²) in [5.41, 5.74) is 30.7. The Morgan fingerprint density at radius 3 is 0.832 bits per heavy atom. The highest BCUT2D eigenvalue weighted by Crippen LogP contribution is 2.49. The molecule has 2 aliphatic rings. The first kappa shape index (κ1) is 58.7. The molecule has 454 valence electrons. The molecule has 5 heteroatoms. The summed E-state index contributed by atoms with van der Waals surface area (Å²) in [6.45, 7) is 13.8. The normalized spacial score (nSPS) is 12.5. The number of fused-ring (bicyclic) bond motifs is 4. The smallest absolute Gasteiger partial charge is 0.252 e. The van der Waals surface area contributed by atoms with Gasteiger partial charge in [-0.1, -0.05) is 272 Å². The summed E-state index contributed by atoms with van der Waals surface area (Å²) in [4.78, 5) is 16.9. The van der Waals surface area contributed by atoms with Crippen LogP contribution in [0, 0.1) is 0 Å². The Labute approximate surface area is 559 Å². The van der Waals surface area contributed by atoms with Crippen LogP contribution in [0.4, 0.5) is 34.1 Å². The van der Waals surface area contributed by atoms with Crippen LogP contribution in [0.25, 0.3) is 101 Å². The van der Waals surface area contributed by atoms with Crippen LogP contribution >= 0.6 is 0 Å². The number of aromatic nitrogens is 2. The van der Waals surface area contributed by atoms with Crippen molar-refractivity contribution in [1.82, 2.24) is 9.97 Å². The molecule has 0 N–H and O–H groups in total. The number of anilines is 6. The monoisotopic (exact) mass is 1220 g/mol. The van der Waals surface area contributed by atoms with Crippen molar-refractivity contribution in [2.75, 3.05) is 9.80 Å². The van der Waals surface area contributed by atoms with Crippen molar-refractivity contribution < 1.29 is 0 Å². The molecule has 4 nitrogen and oxygen atoms in total. The summed E-state index contributed by atoms with van der Waals surface area (Å²) in [5, 5.41) is 0. The van der Waals surface area contributed by atoms with Gasteiger partial charge in [0.05, 0.1) is 11.4 Å². The SMILES string of the molecule is CC(C)(C)c1ccc2c(c1)N(c1ccc(-c3ccccc3)cc1)c1cc(-c3nc(-c4cc(-c5ccccc5)cc(-c5ccccc5)c4)cc(-c4cc(-c5ccccc5)cc(-c5ccccc5)c4)n3)cc3c1B2c1ccc(C(C)(C)C)cc1N3c1ccc(-c2ccccc2)cc1. The zero-order chi connectivity index (χ0) is 64.4.